The Bertz CT molecular complexity index is 251. The van der Waals surface area contributed by atoms with Crippen LogP contribution in [-0.4, -0.2) is 11.3 Å². The summed E-state index contributed by atoms with van der Waals surface area (Å²) in [7, 11) is 0. The normalized spacial score (nSPS) is 29.1. The van der Waals surface area contributed by atoms with Crippen molar-refractivity contribution in [3.8, 4) is 0 Å². The fourth-order valence-electron chi connectivity index (χ4n) is 0.910. The highest BCUT2D eigenvalue weighted by Crippen LogP contribution is 2.19. The lowest BCUT2D eigenvalue weighted by Gasteiger charge is -2.12. The Morgan fingerprint density at radius 1 is 1.73 bits per heavy atom. The van der Waals surface area contributed by atoms with E-state index in [1.54, 1.807) is 19.1 Å². The molecule has 2 unspecified atom stereocenters. The van der Waals surface area contributed by atoms with E-state index >= 15 is 0 Å². The van der Waals surface area contributed by atoms with Gasteiger partial charge in [-0.1, -0.05) is 13.0 Å². The first-order valence-electron chi connectivity index (χ1n) is 3.36. The summed E-state index contributed by atoms with van der Waals surface area (Å²) in [6, 6.07) is 0. The van der Waals surface area contributed by atoms with Gasteiger partial charge in [0.15, 0.2) is 0 Å². The summed E-state index contributed by atoms with van der Waals surface area (Å²) < 4.78 is 12.8. The van der Waals surface area contributed by atoms with Crippen LogP contribution in [0.25, 0.3) is 0 Å². The van der Waals surface area contributed by atoms with Gasteiger partial charge in [0.25, 0.3) is 0 Å². The summed E-state index contributed by atoms with van der Waals surface area (Å²) in [5, 5.41) is 2.24. The van der Waals surface area contributed by atoms with E-state index in [9.17, 15) is 4.39 Å². The summed E-state index contributed by atoms with van der Waals surface area (Å²) >= 11 is 4.42. The van der Waals surface area contributed by atoms with Gasteiger partial charge in [0.2, 0.25) is 0 Å². The van der Waals surface area contributed by atoms with Gasteiger partial charge in [-0.2, -0.15) is 4.99 Å². The van der Waals surface area contributed by atoms with E-state index in [0.29, 0.717) is 5.70 Å². The Hall–Kier alpha value is -0.790. The molecule has 0 aromatic heterocycles. The fraction of sp³-hybridized carbons (Fsp3) is 0.375. The lowest BCUT2D eigenvalue weighted by Crippen LogP contribution is -2.10. The maximum atomic E-state index is 12.8. The van der Waals surface area contributed by atoms with Crippen LogP contribution in [0.15, 0.2) is 28.9 Å². The molecular weight excluding hydrogens is 161 g/mol. The Morgan fingerprint density at radius 2 is 2.45 bits per heavy atom. The molecule has 0 heterocycles. The van der Waals surface area contributed by atoms with Crippen LogP contribution in [0, 0.1) is 5.92 Å². The Kier molecular flexibility index (Phi) is 2.69. The molecule has 0 aromatic carbocycles. The molecule has 0 aliphatic heterocycles. The lowest BCUT2D eigenvalue weighted by molar-refractivity contribution is 0.332. The van der Waals surface area contributed by atoms with Gasteiger partial charge in [0, 0.05) is 5.92 Å². The van der Waals surface area contributed by atoms with E-state index < -0.39 is 6.17 Å². The van der Waals surface area contributed by atoms with Crippen LogP contribution in [0.2, 0.25) is 0 Å². The van der Waals surface area contributed by atoms with Crippen LogP contribution in [-0.2, 0) is 0 Å². The molecule has 1 aliphatic rings. The monoisotopic (exact) mass is 169 g/mol. The highest BCUT2D eigenvalue weighted by molar-refractivity contribution is 7.78. The van der Waals surface area contributed by atoms with E-state index in [0.717, 1.165) is 0 Å². The maximum absolute atomic E-state index is 12.8. The molecule has 0 N–H and O–H groups in total. The fourth-order valence-corrected chi connectivity index (χ4v) is 1.02. The molecule has 0 fully saturated rings. The zero-order chi connectivity index (χ0) is 8.27. The second kappa shape index (κ2) is 3.56. The molecule has 1 rings (SSSR count). The van der Waals surface area contributed by atoms with E-state index in [1.807, 2.05) is 0 Å². The van der Waals surface area contributed by atoms with Crippen molar-refractivity contribution in [2.24, 2.45) is 10.9 Å². The molecular formula is C8H8FNS. The zero-order valence-electron chi connectivity index (χ0n) is 6.12. The predicted molar refractivity (Wildman–Crippen MR) is 46.3 cm³/mol. The third kappa shape index (κ3) is 2.07. The van der Waals surface area contributed by atoms with Gasteiger partial charge in [-0.15, -0.1) is 0 Å². The summed E-state index contributed by atoms with van der Waals surface area (Å²) in [6.45, 7) is 1.80. The summed E-state index contributed by atoms with van der Waals surface area (Å²) in [4.78, 5) is 3.74. The average Bonchev–Trinajstić information content (AvgIpc) is 1.98. The Morgan fingerprint density at radius 3 is 3.00 bits per heavy atom. The number of nitrogens with zero attached hydrogens (tertiary/aromatic N) is 1. The number of thiocarbonyl (C=S) groups is 1. The predicted octanol–water partition coefficient (Wildman–Crippen LogP) is 2.52. The van der Waals surface area contributed by atoms with Crippen molar-refractivity contribution in [2.45, 2.75) is 13.1 Å². The van der Waals surface area contributed by atoms with Gasteiger partial charge in [-0.05, 0) is 24.4 Å². The number of isothiocyanates is 1. The van der Waals surface area contributed by atoms with Crippen molar-refractivity contribution in [1.29, 1.82) is 0 Å². The van der Waals surface area contributed by atoms with Gasteiger partial charge in [-0.25, -0.2) is 4.39 Å². The van der Waals surface area contributed by atoms with Crippen LogP contribution >= 0.6 is 12.2 Å². The molecule has 0 aromatic rings. The van der Waals surface area contributed by atoms with Crippen molar-refractivity contribution >= 4 is 17.4 Å². The number of aliphatic imine (C=N–C) groups is 1. The molecule has 0 spiro atoms. The topological polar surface area (TPSA) is 12.4 Å². The third-order valence-corrected chi connectivity index (χ3v) is 1.65. The average molecular weight is 169 g/mol. The smallest absolute Gasteiger partial charge is 0.125 e. The van der Waals surface area contributed by atoms with Crippen molar-refractivity contribution in [3.05, 3.63) is 23.9 Å². The minimum Gasteiger partial charge on any atom is -0.242 e. The summed E-state index contributed by atoms with van der Waals surface area (Å²) in [5.74, 6) is -0.109. The zero-order valence-corrected chi connectivity index (χ0v) is 6.94. The lowest BCUT2D eigenvalue weighted by atomic mass is 10.00. The van der Waals surface area contributed by atoms with E-state index in [-0.39, 0.29) is 5.92 Å². The second-order valence-corrected chi connectivity index (χ2v) is 2.64. The van der Waals surface area contributed by atoms with Gasteiger partial charge in [0.05, 0.1) is 10.9 Å². The first kappa shape index (κ1) is 8.31. The van der Waals surface area contributed by atoms with Gasteiger partial charge in [0.1, 0.15) is 6.17 Å². The SMILES string of the molecule is CC1C=C(N=C=S)C=CC1F. The Labute approximate surface area is 70.3 Å². The molecule has 1 aliphatic carbocycles. The van der Waals surface area contributed by atoms with Gasteiger partial charge in [-0.3, -0.25) is 0 Å². The minimum atomic E-state index is -0.890. The standard InChI is InChI=1S/C8H8FNS/c1-6-4-7(10-5-11)2-3-8(6)9/h2-4,6,8H,1H3. The van der Waals surface area contributed by atoms with Crippen LogP contribution in [0.5, 0.6) is 0 Å². The van der Waals surface area contributed by atoms with E-state index in [2.05, 4.69) is 22.4 Å². The van der Waals surface area contributed by atoms with Crippen LogP contribution < -0.4 is 0 Å². The molecule has 2 atom stereocenters. The molecule has 0 amide bonds. The summed E-state index contributed by atoms with van der Waals surface area (Å²) in [5.41, 5.74) is 0.696. The third-order valence-electron chi connectivity index (χ3n) is 1.56. The molecule has 58 valence electrons. The van der Waals surface area contributed by atoms with Crippen molar-refractivity contribution in [3.63, 3.8) is 0 Å². The van der Waals surface area contributed by atoms with Crippen molar-refractivity contribution in [2.75, 3.05) is 0 Å². The quantitative estimate of drug-likeness (QED) is 0.434. The van der Waals surface area contributed by atoms with Gasteiger partial charge < -0.3 is 0 Å². The van der Waals surface area contributed by atoms with Crippen molar-refractivity contribution in [1.82, 2.24) is 0 Å². The number of hydrogen-bond donors (Lipinski definition) is 0. The maximum Gasteiger partial charge on any atom is 0.125 e. The number of rotatable bonds is 1. The highest BCUT2D eigenvalue weighted by Gasteiger charge is 2.14. The molecule has 0 saturated carbocycles. The van der Waals surface area contributed by atoms with Crippen molar-refractivity contribution < 1.29 is 4.39 Å². The molecule has 0 bridgehead atoms. The van der Waals surface area contributed by atoms with Crippen LogP contribution in [0.4, 0.5) is 4.39 Å². The molecule has 0 radical (unpaired) electrons. The first-order valence-corrected chi connectivity index (χ1v) is 3.77. The van der Waals surface area contributed by atoms with Crippen LogP contribution in [0.1, 0.15) is 6.92 Å². The molecule has 0 saturated heterocycles. The first-order chi connectivity index (χ1) is 5.24. The highest BCUT2D eigenvalue weighted by atomic mass is 32.1. The molecule has 1 nitrogen and oxygen atoms in total. The Balaban J connectivity index is 2.79. The minimum absolute atomic E-state index is 0.109. The van der Waals surface area contributed by atoms with Crippen LogP contribution in [0.3, 0.4) is 0 Å². The number of alkyl halides is 1. The number of halogens is 1. The van der Waals surface area contributed by atoms with E-state index in [4.69, 9.17) is 0 Å². The number of hydrogen-bond acceptors (Lipinski definition) is 2. The van der Waals surface area contributed by atoms with Gasteiger partial charge >= 0.3 is 0 Å². The largest absolute Gasteiger partial charge is 0.242 e. The summed E-state index contributed by atoms with van der Waals surface area (Å²) in [6.07, 6.45) is 3.95. The number of allylic oxidation sites excluding steroid dienone is 3. The second-order valence-electron chi connectivity index (χ2n) is 2.46. The van der Waals surface area contributed by atoms with E-state index in [1.165, 1.54) is 6.08 Å². The molecule has 11 heavy (non-hydrogen) atoms. The molecule has 3 heteroatoms.